The molecule has 0 bridgehead atoms. The first-order valence-electron chi connectivity index (χ1n) is 6.24. The third kappa shape index (κ3) is 2.42. The minimum absolute atomic E-state index is 0.296. The Bertz CT molecular complexity index is 552. The van der Waals surface area contributed by atoms with Gasteiger partial charge >= 0.3 is 0 Å². The van der Waals surface area contributed by atoms with E-state index < -0.39 is 0 Å². The highest BCUT2D eigenvalue weighted by Crippen LogP contribution is 2.25. The van der Waals surface area contributed by atoms with Crippen molar-refractivity contribution >= 4 is 28.2 Å². The van der Waals surface area contributed by atoms with Gasteiger partial charge in [0.2, 0.25) is 0 Å². The van der Waals surface area contributed by atoms with Gasteiger partial charge in [0.1, 0.15) is 11.0 Å². The molecule has 1 unspecified atom stereocenters. The molecule has 1 N–H and O–H groups in total. The molecule has 4 heteroatoms. The van der Waals surface area contributed by atoms with E-state index in [0.717, 1.165) is 42.6 Å². The van der Waals surface area contributed by atoms with Crippen molar-refractivity contribution in [2.45, 2.75) is 18.9 Å². The molecule has 3 nitrogen and oxygen atoms in total. The Balaban J connectivity index is 1.85. The lowest BCUT2D eigenvalue weighted by Gasteiger charge is -2.13. The summed E-state index contributed by atoms with van der Waals surface area (Å²) in [6.07, 6.45) is 2.56. The summed E-state index contributed by atoms with van der Waals surface area (Å²) in [7, 11) is 0. The van der Waals surface area contributed by atoms with Crippen molar-refractivity contribution in [2.75, 3.05) is 18.5 Å². The normalized spacial score (nSPS) is 19.3. The van der Waals surface area contributed by atoms with Crippen LogP contribution in [0.15, 0.2) is 30.3 Å². The number of benzene rings is 1. The maximum absolute atomic E-state index is 6.04. The summed E-state index contributed by atoms with van der Waals surface area (Å²) >= 11 is 6.04. The molecule has 0 spiro atoms. The molecule has 1 atom stereocenters. The second kappa shape index (κ2) is 5.12. The summed E-state index contributed by atoms with van der Waals surface area (Å²) in [5.41, 5.74) is 0. The van der Waals surface area contributed by atoms with Crippen molar-refractivity contribution in [1.29, 1.82) is 0 Å². The highest BCUT2D eigenvalue weighted by Gasteiger charge is 2.15. The monoisotopic (exact) mass is 262 g/mol. The number of rotatable bonds is 3. The van der Waals surface area contributed by atoms with Crippen LogP contribution in [0.5, 0.6) is 0 Å². The first-order chi connectivity index (χ1) is 8.83. The number of fused-ring (bicyclic) bond motifs is 1. The first kappa shape index (κ1) is 11.8. The molecule has 3 rings (SSSR count). The number of aromatic nitrogens is 1. The molecule has 1 aromatic heterocycles. The van der Waals surface area contributed by atoms with Crippen LogP contribution in [0.3, 0.4) is 0 Å². The Kier molecular flexibility index (Phi) is 3.35. The lowest BCUT2D eigenvalue weighted by atomic mass is 10.1. The van der Waals surface area contributed by atoms with Gasteiger partial charge in [0, 0.05) is 18.5 Å². The second-order valence-corrected chi connectivity index (χ2v) is 4.92. The number of hydrogen-bond acceptors (Lipinski definition) is 3. The van der Waals surface area contributed by atoms with Gasteiger partial charge in [-0.25, -0.2) is 4.98 Å². The topological polar surface area (TPSA) is 34.1 Å². The number of nitrogens with zero attached hydrogens (tertiary/aromatic N) is 1. The molecule has 0 saturated carbocycles. The summed E-state index contributed by atoms with van der Waals surface area (Å²) in [5, 5.41) is 6.07. The van der Waals surface area contributed by atoms with Crippen molar-refractivity contribution in [3.8, 4) is 0 Å². The lowest BCUT2D eigenvalue weighted by molar-refractivity contribution is 0.120. The standard InChI is InChI=1S/C14H15ClN2O/c15-13-8-10-4-1-2-6-12(10)14(17-13)16-9-11-5-3-7-18-11/h1-2,4,6,8,11H,3,5,7,9H2,(H,16,17). The van der Waals surface area contributed by atoms with E-state index >= 15 is 0 Å². The summed E-state index contributed by atoms with van der Waals surface area (Å²) in [6.45, 7) is 1.66. The van der Waals surface area contributed by atoms with Crippen LogP contribution in [0.25, 0.3) is 10.8 Å². The van der Waals surface area contributed by atoms with E-state index in [0.29, 0.717) is 11.3 Å². The van der Waals surface area contributed by atoms with Crippen molar-refractivity contribution in [2.24, 2.45) is 0 Å². The van der Waals surface area contributed by atoms with Crippen molar-refractivity contribution < 1.29 is 4.74 Å². The van der Waals surface area contributed by atoms with E-state index in [4.69, 9.17) is 16.3 Å². The van der Waals surface area contributed by atoms with Gasteiger partial charge in [0.05, 0.1) is 6.10 Å². The SMILES string of the molecule is Clc1cc2ccccc2c(NCC2CCCO2)n1. The van der Waals surface area contributed by atoms with Gasteiger partial charge in [0.15, 0.2) is 0 Å². The van der Waals surface area contributed by atoms with Gasteiger partial charge in [-0.05, 0) is 24.3 Å². The minimum atomic E-state index is 0.296. The van der Waals surface area contributed by atoms with Crippen LogP contribution in [-0.4, -0.2) is 24.2 Å². The molecule has 2 aromatic rings. The molecule has 1 fully saturated rings. The van der Waals surface area contributed by atoms with Gasteiger partial charge in [-0.1, -0.05) is 35.9 Å². The summed E-state index contributed by atoms with van der Waals surface area (Å²) in [5.74, 6) is 0.841. The van der Waals surface area contributed by atoms with Crippen molar-refractivity contribution in [1.82, 2.24) is 4.98 Å². The molecule has 18 heavy (non-hydrogen) atoms. The molecule has 1 aromatic carbocycles. The minimum Gasteiger partial charge on any atom is -0.376 e. The molecule has 0 aliphatic carbocycles. The third-order valence-corrected chi connectivity index (χ3v) is 3.42. The summed E-state index contributed by atoms with van der Waals surface area (Å²) in [4.78, 5) is 4.36. The smallest absolute Gasteiger partial charge is 0.135 e. The average Bonchev–Trinajstić information content (AvgIpc) is 2.89. The Hall–Kier alpha value is -1.32. The maximum Gasteiger partial charge on any atom is 0.135 e. The van der Waals surface area contributed by atoms with Crippen LogP contribution in [0.4, 0.5) is 5.82 Å². The molecule has 1 saturated heterocycles. The van der Waals surface area contributed by atoms with Crippen LogP contribution < -0.4 is 5.32 Å². The second-order valence-electron chi connectivity index (χ2n) is 4.53. The highest BCUT2D eigenvalue weighted by molar-refractivity contribution is 6.30. The first-order valence-corrected chi connectivity index (χ1v) is 6.61. The van der Waals surface area contributed by atoms with Gasteiger partial charge in [-0.3, -0.25) is 0 Å². The zero-order valence-corrected chi connectivity index (χ0v) is 10.8. The number of hydrogen-bond donors (Lipinski definition) is 1. The molecule has 2 heterocycles. The number of anilines is 1. The fraction of sp³-hybridized carbons (Fsp3) is 0.357. The Morgan fingerprint density at radius 2 is 2.28 bits per heavy atom. The lowest BCUT2D eigenvalue weighted by Crippen LogP contribution is -2.19. The molecular weight excluding hydrogens is 248 g/mol. The van der Waals surface area contributed by atoms with Gasteiger partial charge in [-0.2, -0.15) is 0 Å². The van der Waals surface area contributed by atoms with E-state index in [9.17, 15) is 0 Å². The number of halogens is 1. The summed E-state index contributed by atoms with van der Waals surface area (Å²) < 4.78 is 5.59. The fourth-order valence-corrected chi connectivity index (χ4v) is 2.52. The van der Waals surface area contributed by atoms with Gasteiger partial charge in [-0.15, -0.1) is 0 Å². The van der Waals surface area contributed by atoms with Gasteiger partial charge < -0.3 is 10.1 Å². The third-order valence-electron chi connectivity index (χ3n) is 3.23. The molecule has 0 amide bonds. The van der Waals surface area contributed by atoms with E-state index in [1.165, 1.54) is 0 Å². The van der Waals surface area contributed by atoms with E-state index in [2.05, 4.69) is 16.4 Å². The van der Waals surface area contributed by atoms with Crippen molar-refractivity contribution in [3.63, 3.8) is 0 Å². The van der Waals surface area contributed by atoms with Crippen LogP contribution in [0.1, 0.15) is 12.8 Å². The zero-order valence-electron chi connectivity index (χ0n) is 10.0. The molecule has 0 radical (unpaired) electrons. The zero-order chi connectivity index (χ0) is 12.4. The van der Waals surface area contributed by atoms with Crippen molar-refractivity contribution in [3.05, 3.63) is 35.5 Å². The van der Waals surface area contributed by atoms with Crippen LogP contribution in [-0.2, 0) is 4.74 Å². The quantitative estimate of drug-likeness (QED) is 0.860. The molecule has 1 aliphatic heterocycles. The van der Waals surface area contributed by atoms with Gasteiger partial charge in [0.25, 0.3) is 0 Å². The fourth-order valence-electron chi connectivity index (χ4n) is 2.32. The summed E-state index contributed by atoms with van der Waals surface area (Å²) in [6, 6.07) is 9.99. The predicted octanol–water partition coefficient (Wildman–Crippen LogP) is 3.48. The van der Waals surface area contributed by atoms with Crippen LogP contribution >= 0.6 is 11.6 Å². The maximum atomic E-state index is 6.04. The Morgan fingerprint density at radius 1 is 1.39 bits per heavy atom. The number of ether oxygens (including phenoxy) is 1. The van der Waals surface area contributed by atoms with E-state index in [1.807, 2.05) is 24.3 Å². The van der Waals surface area contributed by atoms with E-state index in [-0.39, 0.29) is 0 Å². The number of pyridine rings is 1. The predicted molar refractivity (Wildman–Crippen MR) is 74.2 cm³/mol. The Morgan fingerprint density at radius 3 is 3.11 bits per heavy atom. The van der Waals surface area contributed by atoms with Crippen LogP contribution in [0.2, 0.25) is 5.15 Å². The highest BCUT2D eigenvalue weighted by atomic mass is 35.5. The molecule has 94 valence electrons. The molecular formula is C14H15ClN2O. The molecule has 1 aliphatic rings. The average molecular weight is 263 g/mol. The van der Waals surface area contributed by atoms with Crippen LogP contribution in [0, 0.1) is 0 Å². The van der Waals surface area contributed by atoms with E-state index in [1.54, 1.807) is 0 Å². The number of nitrogens with one attached hydrogen (secondary N) is 1. The Labute approximate surface area is 111 Å². The largest absolute Gasteiger partial charge is 0.376 e.